The van der Waals surface area contributed by atoms with E-state index in [1.165, 1.54) is 0 Å². The molecule has 1 aromatic rings. The average molecular weight is 176 g/mol. The summed E-state index contributed by atoms with van der Waals surface area (Å²) in [5.74, 6) is 0.522. The minimum Gasteiger partial charge on any atom is -0.475 e. The van der Waals surface area contributed by atoms with Gasteiger partial charge >= 0.3 is 0 Å². The van der Waals surface area contributed by atoms with Crippen LogP contribution in [-0.2, 0) is 0 Å². The second-order valence-corrected chi connectivity index (χ2v) is 2.83. The highest BCUT2D eigenvalue weighted by atomic mass is 16.5. The van der Waals surface area contributed by atoms with Crippen molar-refractivity contribution in [2.45, 2.75) is 26.4 Å². The lowest BCUT2D eigenvalue weighted by Gasteiger charge is -2.10. The molecule has 0 amide bonds. The number of aromatic nitrogens is 1. The maximum absolute atomic E-state index is 8.62. The highest BCUT2D eigenvalue weighted by Gasteiger charge is 2.02. The minimum atomic E-state index is 0.140. The van der Waals surface area contributed by atoms with Crippen molar-refractivity contribution in [1.29, 1.82) is 5.26 Å². The van der Waals surface area contributed by atoms with Crippen molar-refractivity contribution in [2.24, 2.45) is 0 Å². The molecule has 1 atom stereocenters. The lowest BCUT2D eigenvalue weighted by Crippen LogP contribution is -2.10. The summed E-state index contributed by atoms with van der Waals surface area (Å²) in [4.78, 5) is 4.00. The molecule has 0 aliphatic rings. The summed E-state index contributed by atoms with van der Waals surface area (Å²) in [6, 6.07) is 5.34. The van der Waals surface area contributed by atoms with Crippen LogP contribution in [0.3, 0.4) is 0 Å². The van der Waals surface area contributed by atoms with Gasteiger partial charge in [0.05, 0.1) is 17.7 Å². The fraction of sp³-hybridized carbons (Fsp3) is 0.400. The lowest BCUT2D eigenvalue weighted by atomic mass is 10.3. The summed E-state index contributed by atoms with van der Waals surface area (Å²) in [7, 11) is 0. The summed E-state index contributed by atoms with van der Waals surface area (Å²) in [6.07, 6.45) is 2.65. The number of nitriles is 1. The zero-order valence-electron chi connectivity index (χ0n) is 7.82. The zero-order valence-corrected chi connectivity index (χ0v) is 7.82. The van der Waals surface area contributed by atoms with Crippen LogP contribution in [0.5, 0.6) is 5.88 Å². The van der Waals surface area contributed by atoms with E-state index in [-0.39, 0.29) is 6.10 Å². The molecule has 0 aliphatic carbocycles. The Bertz CT molecular complexity index is 317. The topological polar surface area (TPSA) is 45.9 Å². The molecule has 0 unspecified atom stereocenters. The molecule has 1 heterocycles. The van der Waals surface area contributed by atoms with E-state index in [4.69, 9.17) is 10.00 Å². The van der Waals surface area contributed by atoms with Crippen LogP contribution >= 0.6 is 0 Å². The Morgan fingerprint density at radius 1 is 1.69 bits per heavy atom. The summed E-state index contributed by atoms with van der Waals surface area (Å²) >= 11 is 0. The highest BCUT2D eigenvalue weighted by Crippen LogP contribution is 2.11. The third kappa shape index (κ3) is 2.75. The fourth-order valence-electron chi connectivity index (χ4n) is 0.833. The van der Waals surface area contributed by atoms with Gasteiger partial charge in [0, 0.05) is 12.3 Å². The van der Waals surface area contributed by atoms with Gasteiger partial charge < -0.3 is 4.74 Å². The molecule has 0 bridgehead atoms. The van der Waals surface area contributed by atoms with Gasteiger partial charge in [0.2, 0.25) is 5.88 Å². The second-order valence-electron chi connectivity index (χ2n) is 2.83. The van der Waals surface area contributed by atoms with Crippen LogP contribution < -0.4 is 4.74 Å². The van der Waals surface area contributed by atoms with Gasteiger partial charge in [-0.2, -0.15) is 5.26 Å². The van der Waals surface area contributed by atoms with Crippen molar-refractivity contribution in [1.82, 2.24) is 4.98 Å². The van der Waals surface area contributed by atoms with Crippen LogP contribution in [0.15, 0.2) is 18.3 Å². The van der Waals surface area contributed by atoms with Crippen molar-refractivity contribution < 1.29 is 4.74 Å². The van der Waals surface area contributed by atoms with Crippen molar-refractivity contribution in [3.63, 3.8) is 0 Å². The number of nitrogens with zero attached hydrogens (tertiary/aromatic N) is 2. The first kappa shape index (κ1) is 9.53. The monoisotopic (exact) mass is 176 g/mol. The summed E-state index contributed by atoms with van der Waals surface area (Å²) < 4.78 is 5.44. The minimum absolute atomic E-state index is 0.140. The van der Waals surface area contributed by atoms with E-state index in [1.54, 1.807) is 18.3 Å². The molecule has 0 N–H and O–H groups in total. The lowest BCUT2D eigenvalue weighted by molar-refractivity contribution is 0.208. The van der Waals surface area contributed by atoms with Crippen molar-refractivity contribution in [3.8, 4) is 11.9 Å². The molecule has 0 aliphatic heterocycles. The van der Waals surface area contributed by atoms with Gasteiger partial charge in [-0.3, -0.25) is 0 Å². The van der Waals surface area contributed by atoms with Crippen LogP contribution in [0, 0.1) is 11.3 Å². The van der Waals surface area contributed by atoms with Crippen LogP contribution in [-0.4, -0.2) is 11.1 Å². The first-order valence-corrected chi connectivity index (χ1v) is 4.29. The van der Waals surface area contributed by atoms with E-state index in [9.17, 15) is 0 Å². The second kappa shape index (κ2) is 4.46. The third-order valence-corrected chi connectivity index (χ3v) is 1.76. The predicted octanol–water partition coefficient (Wildman–Crippen LogP) is 2.13. The molecule has 68 valence electrons. The summed E-state index contributed by atoms with van der Waals surface area (Å²) in [5, 5.41) is 8.62. The van der Waals surface area contributed by atoms with E-state index in [0.29, 0.717) is 11.4 Å². The summed E-state index contributed by atoms with van der Waals surface area (Å²) in [5.41, 5.74) is 0.577. The number of hydrogen-bond donors (Lipinski definition) is 0. The van der Waals surface area contributed by atoms with Crippen LogP contribution in [0.4, 0.5) is 0 Å². The maximum Gasteiger partial charge on any atom is 0.214 e. The zero-order chi connectivity index (χ0) is 9.68. The molecular formula is C10H12N2O. The Hall–Kier alpha value is -1.56. The normalized spacial score (nSPS) is 11.8. The van der Waals surface area contributed by atoms with E-state index in [2.05, 4.69) is 4.98 Å². The van der Waals surface area contributed by atoms with Crippen LogP contribution in [0.2, 0.25) is 0 Å². The fourth-order valence-corrected chi connectivity index (χ4v) is 0.833. The van der Waals surface area contributed by atoms with E-state index in [0.717, 1.165) is 6.42 Å². The Morgan fingerprint density at radius 3 is 3.08 bits per heavy atom. The van der Waals surface area contributed by atoms with Crippen LogP contribution in [0.1, 0.15) is 25.8 Å². The summed E-state index contributed by atoms with van der Waals surface area (Å²) in [6.45, 7) is 4.01. The van der Waals surface area contributed by atoms with E-state index in [1.807, 2.05) is 19.9 Å². The molecule has 3 heteroatoms. The van der Waals surface area contributed by atoms with Gasteiger partial charge in [0.15, 0.2) is 0 Å². The van der Waals surface area contributed by atoms with Crippen molar-refractivity contribution >= 4 is 0 Å². The quantitative estimate of drug-likeness (QED) is 0.708. The van der Waals surface area contributed by atoms with E-state index < -0.39 is 0 Å². The highest BCUT2D eigenvalue weighted by molar-refractivity contribution is 5.31. The molecule has 0 saturated carbocycles. The van der Waals surface area contributed by atoms with Gasteiger partial charge in [0.1, 0.15) is 0 Å². The predicted molar refractivity (Wildman–Crippen MR) is 49.3 cm³/mol. The number of hydrogen-bond acceptors (Lipinski definition) is 3. The number of rotatable bonds is 3. The molecule has 3 nitrogen and oxygen atoms in total. The average Bonchev–Trinajstić information content (AvgIpc) is 2.18. The smallest absolute Gasteiger partial charge is 0.214 e. The molecule has 1 rings (SSSR count). The Morgan fingerprint density at radius 2 is 2.46 bits per heavy atom. The van der Waals surface area contributed by atoms with Crippen molar-refractivity contribution in [2.75, 3.05) is 0 Å². The Kier molecular flexibility index (Phi) is 3.27. The number of pyridine rings is 1. The van der Waals surface area contributed by atoms with Crippen LogP contribution in [0.25, 0.3) is 0 Å². The first-order valence-electron chi connectivity index (χ1n) is 4.29. The molecule has 1 aromatic heterocycles. The first-order chi connectivity index (χ1) is 6.26. The molecule has 0 aromatic carbocycles. The molecule has 0 spiro atoms. The van der Waals surface area contributed by atoms with Gasteiger partial charge in [-0.15, -0.1) is 0 Å². The molecule has 13 heavy (non-hydrogen) atoms. The Balaban J connectivity index is 2.73. The van der Waals surface area contributed by atoms with Gasteiger partial charge in [-0.25, -0.2) is 4.98 Å². The third-order valence-electron chi connectivity index (χ3n) is 1.76. The molecule has 0 radical (unpaired) electrons. The molecular weight excluding hydrogens is 164 g/mol. The number of ether oxygens (including phenoxy) is 1. The molecule has 0 fully saturated rings. The maximum atomic E-state index is 8.62. The SMILES string of the molecule is CC[C@H](C)Oc1cc(C#N)ccn1. The van der Waals surface area contributed by atoms with E-state index >= 15 is 0 Å². The molecule has 0 saturated heterocycles. The van der Waals surface area contributed by atoms with Gasteiger partial charge in [-0.05, 0) is 19.4 Å². The van der Waals surface area contributed by atoms with Crippen molar-refractivity contribution in [3.05, 3.63) is 23.9 Å². The van der Waals surface area contributed by atoms with Gasteiger partial charge in [0.25, 0.3) is 0 Å². The van der Waals surface area contributed by atoms with Gasteiger partial charge in [-0.1, -0.05) is 6.92 Å². The largest absolute Gasteiger partial charge is 0.475 e. The standard InChI is InChI=1S/C10H12N2O/c1-3-8(2)13-10-6-9(7-11)4-5-12-10/h4-6,8H,3H2,1-2H3/t8-/m0/s1. The Labute approximate surface area is 78.0 Å².